The summed E-state index contributed by atoms with van der Waals surface area (Å²) in [6.45, 7) is 4.12. The van der Waals surface area contributed by atoms with Gasteiger partial charge in [-0.3, -0.25) is 4.79 Å². The zero-order valence-electron chi connectivity index (χ0n) is 13.9. The van der Waals surface area contributed by atoms with Crippen LogP contribution in [0.15, 0.2) is 23.0 Å². The SMILES string of the molecule is CC1CNCCC1NC(=O)CCCc1ccc2[nH]c(=O)[nH]c2c1.Cl. The normalized spacial score (nSPS) is 20.5. The number of nitrogens with one attached hydrogen (secondary N) is 4. The van der Waals surface area contributed by atoms with E-state index in [1.54, 1.807) is 0 Å². The van der Waals surface area contributed by atoms with Gasteiger partial charge in [-0.1, -0.05) is 13.0 Å². The van der Waals surface area contributed by atoms with Crippen molar-refractivity contribution in [3.63, 3.8) is 0 Å². The number of hydrogen-bond acceptors (Lipinski definition) is 3. The molecular weight excluding hydrogens is 328 g/mol. The largest absolute Gasteiger partial charge is 0.353 e. The Bertz CT molecular complexity index is 740. The van der Waals surface area contributed by atoms with Gasteiger partial charge in [-0.2, -0.15) is 0 Å². The average molecular weight is 353 g/mol. The summed E-state index contributed by atoms with van der Waals surface area (Å²) in [5.74, 6) is 0.625. The van der Waals surface area contributed by atoms with Gasteiger partial charge in [-0.25, -0.2) is 4.79 Å². The third-order valence-corrected chi connectivity index (χ3v) is 4.58. The molecule has 4 N–H and O–H groups in total. The molecule has 0 saturated carbocycles. The summed E-state index contributed by atoms with van der Waals surface area (Å²) in [6.07, 6.45) is 3.19. The Balaban J connectivity index is 0.00000208. The van der Waals surface area contributed by atoms with E-state index in [9.17, 15) is 9.59 Å². The number of imidazole rings is 1. The minimum atomic E-state index is -0.187. The summed E-state index contributed by atoms with van der Waals surface area (Å²) in [5.41, 5.74) is 2.58. The lowest BCUT2D eigenvalue weighted by atomic mass is 9.95. The summed E-state index contributed by atoms with van der Waals surface area (Å²) >= 11 is 0. The second-order valence-electron chi connectivity index (χ2n) is 6.46. The Morgan fingerprint density at radius 1 is 1.29 bits per heavy atom. The van der Waals surface area contributed by atoms with Crippen molar-refractivity contribution >= 4 is 29.3 Å². The highest BCUT2D eigenvalue weighted by atomic mass is 35.5. The smallest absolute Gasteiger partial charge is 0.323 e. The Morgan fingerprint density at radius 2 is 2.08 bits per heavy atom. The van der Waals surface area contributed by atoms with E-state index in [1.165, 1.54) is 0 Å². The number of aromatic amines is 2. The maximum Gasteiger partial charge on any atom is 0.323 e. The van der Waals surface area contributed by atoms with Crippen LogP contribution in [-0.4, -0.2) is 35.0 Å². The monoisotopic (exact) mass is 352 g/mol. The number of aromatic nitrogens is 2. The van der Waals surface area contributed by atoms with Gasteiger partial charge >= 0.3 is 5.69 Å². The van der Waals surface area contributed by atoms with E-state index < -0.39 is 0 Å². The van der Waals surface area contributed by atoms with E-state index >= 15 is 0 Å². The fourth-order valence-corrected chi connectivity index (χ4v) is 3.20. The lowest BCUT2D eigenvalue weighted by Gasteiger charge is -2.30. The van der Waals surface area contributed by atoms with Crippen LogP contribution in [0.4, 0.5) is 0 Å². The predicted molar refractivity (Wildman–Crippen MR) is 97.7 cm³/mol. The molecule has 2 heterocycles. The van der Waals surface area contributed by atoms with Crippen molar-refractivity contribution in [1.82, 2.24) is 20.6 Å². The average Bonchev–Trinajstić information content (AvgIpc) is 2.89. The van der Waals surface area contributed by atoms with Crippen molar-refractivity contribution in [2.75, 3.05) is 13.1 Å². The van der Waals surface area contributed by atoms with Crippen LogP contribution in [-0.2, 0) is 11.2 Å². The molecule has 2 unspecified atom stereocenters. The van der Waals surface area contributed by atoms with Gasteiger partial charge in [0, 0.05) is 12.5 Å². The van der Waals surface area contributed by atoms with Gasteiger partial charge in [0.25, 0.3) is 0 Å². The van der Waals surface area contributed by atoms with Gasteiger partial charge in [-0.05, 0) is 56.0 Å². The zero-order valence-corrected chi connectivity index (χ0v) is 14.7. The molecule has 24 heavy (non-hydrogen) atoms. The molecule has 1 fully saturated rings. The number of H-pyrrole nitrogens is 2. The molecule has 0 radical (unpaired) electrons. The van der Waals surface area contributed by atoms with Gasteiger partial charge in [0.15, 0.2) is 0 Å². The third-order valence-electron chi connectivity index (χ3n) is 4.58. The topological polar surface area (TPSA) is 89.8 Å². The summed E-state index contributed by atoms with van der Waals surface area (Å²) in [6, 6.07) is 6.17. The lowest BCUT2D eigenvalue weighted by Crippen LogP contribution is -2.48. The van der Waals surface area contributed by atoms with Crippen molar-refractivity contribution in [1.29, 1.82) is 0 Å². The van der Waals surface area contributed by atoms with Crippen LogP contribution in [0.5, 0.6) is 0 Å². The Labute approximate surface area is 147 Å². The number of carbonyl (C=O) groups excluding carboxylic acids is 1. The van der Waals surface area contributed by atoms with Crippen molar-refractivity contribution in [3.05, 3.63) is 34.2 Å². The summed E-state index contributed by atoms with van der Waals surface area (Å²) < 4.78 is 0. The van der Waals surface area contributed by atoms with E-state index in [2.05, 4.69) is 27.5 Å². The number of aryl methyl sites for hydroxylation is 1. The number of hydrogen-bond donors (Lipinski definition) is 4. The number of amides is 1. The highest BCUT2D eigenvalue weighted by Gasteiger charge is 2.22. The molecule has 2 aromatic rings. The van der Waals surface area contributed by atoms with E-state index in [4.69, 9.17) is 0 Å². The maximum absolute atomic E-state index is 12.1. The number of benzene rings is 1. The molecule has 1 aromatic heterocycles. The van der Waals surface area contributed by atoms with E-state index in [1.807, 2.05) is 18.2 Å². The number of fused-ring (bicyclic) bond motifs is 1. The molecule has 0 spiro atoms. The van der Waals surface area contributed by atoms with Gasteiger partial charge in [-0.15, -0.1) is 12.4 Å². The molecule has 7 heteroatoms. The Morgan fingerprint density at radius 3 is 2.88 bits per heavy atom. The second-order valence-corrected chi connectivity index (χ2v) is 6.46. The second kappa shape index (κ2) is 8.35. The molecule has 1 saturated heterocycles. The van der Waals surface area contributed by atoms with Crippen molar-refractivity contribution in [3.8, 4) is 0 Å². The molecule has 1 amide bonds. The molecule has 1 aromatic carbocycles. The quantitative estimate of drug-likeness (QED) is 0.660. The zero-order chi connectivity index (χ0) is 16.2. The van der Waals surface area contributed by atoms with Crippen LogP contribution in [0.1, 0.15) is 31.7 Å². The molecule has 6 nitrogen and oxygen atoms in total. The highest BCUT2D eigenvalue weighted by molar-refractivity contribution is 5.85. The lowest BCUT2D eigenvalue weighted by molar-refractivity contribution is -0.122. The fourth-order valence-electron chi connectivity index (χ4n) is 3.20. The van der Waals surface area contributed by atoms with E-state index in [-0.39, 0.29) is 24.0 Å². The first-order valence-electron chi connectivity index (χ1n) is 8.33. The molecule has 0 aliphatic carbocycles. The van der Waals surface area contributed by atoms with Crippen LogP contribution < -0.4 is 16.3 Å². The summed E-state index contributed by atoms with van der Waals surface area (Å²) in [4.78, 5) is 28.8. The van der Waals surface area contributed by atoms with Gasteiger partial charge in [0.2, 0.25) is 5.91 Å². The number of halogens is 1. The number of piperidine rings is 1. The van der Waals surface area contributed by atoms with Crippen LogP contribution in [0.25, 0.3) is 11.0 Å². The van der Waals surface area contributed by atoms with Gasteiger partial charge in [0.1, 0.15) is 0 Å². The van der Waals surface area contributed by atoms with Gasteiger partial charge in [0.05, 0.1) is 11.0 Å². The Hall–Kier alpha value is -1.79. The molecule has 3 rings (SSSR count). The summed E-state index contributed by atoms with van der Waals surface area (Å²) in [7, 11) is 0. The third kappa shape index (κ3) is 4.61. The van der Waals surface area contributed by atoms with E-state index in [0.717, 1.165) is 48.9 Å². The predicted octanol–water partition coefficient (Wildman–Crippen LogP) is 1.71. The van der Waals surface area contributed by atoms with Crippen molar-refractivity contribution in [2.24, 2.45) is 5.92 Å². The first-order chi connectivity index (χ1) is 11.1. The van der Waals surface area contributed by atoms with Crippen molar-refractivity contribution in [2.45, 2.75) is 38.6 Å². The maximum atomic E-state index is 12.1. The van der Waals surface area contributed by atoms with Crippen LogP contribution in [0.3, 0.4) is 0 Å². The van der Waals surface area contributed by atoms with Gasteiger partial charge < -0.3 is 20.6 Å². The highest BCUT2D eigenvalue weighted by Crippen LogP contribution is 2.13. The Kier molecular flexibility index (Phi) is 6.45. The molecule has 1 aliphatic rings. The molecule has 2 atom stereocenters. The molecule has 132 valence electrons. The standard InChI is InChI=1S/C17H24N4O2.ClH/c1-11-10-18-8-7-13(11)19-16(22)4-2-3-12-5-6-14-15(9-12)21-17(23)20-14;/h5-6,9,11,13,18H,2-4,7-8,10H2,1H3,(H,19,22)(H2,20,21,23);1H. The molecular formula is C17H25ClN4O2. The minimum absolute atomic E-state index is 0. The van der Waals surface area contributed by atoms with Crippen LogP contribution in [0, 0.1) is 5.92 Å². The van der Waals surface area contributed by atoms with Crippen LogP contribution in [0.2, 0.25) is 0 Å². The van der Waals surface area contributed by atoms with Crippen molar-refractivity contribution < 1.29 is 4.79 Å². The number of rotatable bonds is 5. The molecule has 0 bridgehead atoms. The number of carbonyl (C=O) groups is 1. The first-order valence-corrected chi connectivity index (χ1v) is 8.33. The first kappa shape index (κ1) is 18.5. The minimum Gasteiger partial charge on any atom is -0.353 e. The van der Waals surface area contributed by atoms with E-state index in [0.29, 0.717) is 18.4 Å². The fraction of sp³-hybridized carbons (Fsp3) is 0.529. The molecule has 1 aliphatic heterocycles. The summed E-state index contributed by atoms with van der Waals surface area (Å²) in [5, 5.41) is 6.50. The van der Waals surface area contributed by atoms with Crippen LogP contribution >= 0.6 is 12.4 Å².